The van der Waals surface area contributed by atoms with Crippen LogP contribution in [0.25, 0.3) is 16.2 Å². The summed E-state index contributed by atoms with van der Waals surface area (Å²) in [6.07, 6.45) is 1.97. The van der Waals surface area contributed by atoms with Gasteiger partial charge in [0.25, 0.3) is 0 Å². The van der Waals surface area contributed by atoms with Crippen LogP contribution in [0.2, 0.25) is 0 Å². The zero-order valence-corrected chi connectivity index (χ0v) is 11.5. The third-order valence-electron chi connectivity index (χ3n) is 3.03. The van der Waals surface area contributed by atoms with E-state index in [9.17, 15) is 0 Å². The average Bonchev–Trinajstić information content (AvgIpc) is 2.88. The molecule has 0 radical (unpaired) electrons. The van der Waals surface area contributed by atoms with Crippen LogP contribution in [0.15, 0.2) is 36.0 Å². The summed E-state index contributed by atoms with van der Waals surface area (Å²) in [6, 6.07) is 8.62. The van der Waals surface area contributed by atoms with Gasteiger partial charge in [-0.05, 0) is 11.0 Å². The fourth-order valence-corrected chi connectivity index (χ4v) is 2.52. The van der Waals surface area contributed by atoms with Gasteiger partial charge in [0.15, 0.2) is 0 Å². The van der Waals surface area contributed by atoms with Crippen molar-refractivity contribution >= 4 is 16.3 Å². The summed E-state index contributed by atoms with van der Waals surface area (Å²) in [5.41, 5.74) is 5.45. The zero-order chi connectivity index (χ0) is 12.8. The Balaban J connectivity index is 2.00. The van der Waals surface area contributed by atoms with Crippen molar-refractivity contribution in [2.24, 2.45) is 0 Å². The smallest absolute Gasteiger partial charge is 0.212 e. The van der Waals surface area contributed by atoms with Gasteiger partial charge in [-0.15, -0.1) is 0 Å². The van der Waals surface area contributed by atoms with Crippen LogP contribution in [0.1, 0.15) is 26.3 Å². The van der Waals surface area contributed by atoms with Gasteiger partial charge >= 0.3 is 0 Å². The lowest BCUT2D eigenvalue weighted by molar-refractivity contribution is 0.590. The Bertz CT molecular complexity index is 642. The fraction of sp³-hybridized carbons (Fsp3) is 0.286. The number of hydrogen-bond donors (Lipinski definition) is 0. The maximum absolute atomic E-state index is 4.55. The Morgan fingerprint density at radius 2 is 1.83 bits per heavy atom. The Morgan fingerprint density at radius 1 is 1.11 bits per heavy atom. The molecule has 0 atom stereocenters. The second kappa shape index (κ2) is 3.92. The maximum Gasteiger partial charge on any atom is 0.212 e. The van der Waals surface area contributed by atoms with Crippen LogP contribution < -0.4 is 0 Å². The van der Waals surface area contributed by atoms with Gasteiger partial charge in [0, 0.05) is 5.56 Å². The molecule has 3 aromatic rings. The van der Waals surface area contributed by atoms with Crippen LogP contribution in [0.3, 0.4) is 0 Å². The van der Waals surface area contributed by atoms with Crippen LogP contribution in [0.5, 0.6) is 0 Å². The molecule has 0 fully saturated rings. The first-order chi connectivity index (χ1) is 8.54. The van der Waals surface area contributed by atoms with Crippen molar-refractivity contribution in [3.05, 3.63) is 41.5 Å². The first-order valence-electron chi connectivity index (χ1n) is 5.94. The van der Waals surface area contributed by atoms with Crippen LogP contribution in [-0.4, -0.2) is 14.6 Å². The Kier molecular flexibility index (Phi) is 2.48. The molecule has 4 heteroatoms. The Labute approximate surface area is 110 Å². The van der Waals surface area contributed by atoms with Crippen molar-refractivity contribution in [1.82, 2.24) is 14.6 Å². The van der Waals surface area contributed by atoms with E-state index in [-0.39, 0.29) is 5.41 Å². The summed E-state index contributed by atoms with van der Waals surface area (Å²) in [6.45, 7) is 6.66. The molecule has 18 heavy (non-hydrogen) atoms. The number of rotatable bonds is 1. The van der Waals surface area contributed by atoms with E-state index in [0.29, 0.717) is 0 Å². The summed E-state index contributed by atoms with van der Waals surface area (Å²) in [5, 5.41) is 4.19. The number of hydrogen-bond acceptors (Lipinski definition) is 3. The lowest BCUT2D eigenvalue weighted by Crippen LogP contribution is -2.10. The number of fused-ring (bicyclic) bond motifs is 1. The third kappa shape index (κ3) is 1.93. The molecule has 0 aliphatic heterocycles. The minimum absolute atomic E-state index is 0.189. The Morgan fingerprint density at radius 3 is 2.44 bits per heavy atom. The highest BCUT2D eigenvalue weighted by Crippen LogP contribution is 2.26. The van der Waals surface area contributed by atoms with Crippen molar-refractivity contribution in [2.75, 3.05) is 0 Å². The van der Waals surface area contributed by atoms with Gasteiger partial charge in [-0.25, -0.2) is 9.50 Å². The molecule has 0 aliphatic rings. The van der Waals surface area contributed by atoms with E-state index in [1.54, 1.807) is 16.8 Å². The lowest BCUT2D eigenvalue weighted by Gasteiger charge is -2.18. The van der Waals surface area contributed by atoms with E-state index in [2.05, 4.69) is 55.1 Å². The molecule has 0 amide bonds. The molecule has 0 aliphatic carbocycles. The molecule has 0 saturated heterocycles. The fourth-order valence-electron chi connectivity index (χ4n) is 1.92. The number of benzene rings is 1. The summed E-state index contributed by atoms with van der Waals surface area (Å²) < 4.78 is 1.82. The molecule has 0 bridgehead atoms. The van der Waals surface area contributed by atoms with Crippen LogP contribution in [0, 0.1) is 0 Å². The topological polar surface area (TPSA) is 30.2 Å². The quantitative estimate of drug-likeness (QED) is 0.664. The first-order valence-corrected chi connectivity index (χ1v) is 6.82. The van der Waals surface area contributed by atoms with Gasteiger partial charge in [-0.3, -0.25) is 0 Å². The van der Waals surface area contributed by atoms with Crippen molar-refractivity contribution < 1.29 is 0 Å². The highest BCUT2D eigenvalue weighted by Gasteiger charge is 2.13. The van der Waals surface area contributed by atoms with E-state index in [0.717, 1.165) is 16.2 Å². The molecular formula is C14H15N3S. The molecule has 92 valence electrons. The van der Waals surface area contributed by atoms with Crippen LogP contribution in [-0.2, 0) is 5.41 Å². The van der Waals surface area contributed by atoms with Gasteiger partial charge in [0.05, 0.1) is 11.9 Å². The van der Waals surface area contributed by atoms with E-state index in [4.69, 9.17) is 0 Å². The minimum Gasteiger partial charge on any atom is -0.217 e. The predicted octanol–water partition coefficient (Wildman–Crippen LogP) is 3.76. The lowest BCUT2D eigenvalue weighted by atomic mass is 9.86. The normalized spacial score (nSPS) is 12.2. The van der Waals surface area contributed by atoms with Crippen molar-refractivity contribution in [3.63, 3.8) is 0 Å². The summed E-state index contributed by atoms with van der Waals surface area (Å²) in [5.74, 6) is 0. The molecule has 0 unspecified atom stereocenters. The summed E-state index contributed by atoms with van der Waals surface area (Å²) >= 11 is 1.55. The summed E-state index contributed by atoms with van der Waals surface area (Å²) in [7, 11) is 0. The maximum atomic E-state index is 4.55. The second-order valence-corrected chi connectivity index (χ2v) is 6.23. The van der Waals surface area contributed by atoms with Crippen molar-refractivity contribution in [2.45, 2.75) is 26.2 Å². The molecule has 2 aromatic heterocycles. The van der Waals surface area contributed by atoms with E-state index < -0.39 is 0 Å². The van der Waals surface area contributed by atoms with E-state index in [1.165, 1.54) is 5.56 Å². The highest BCUT2D eigenvalue weighted by molar-refractivity contribution is 7.14. The largest absolute Gasteiger partial charge is 0.217 e. The predicted molar refractivity (Wildman–Crippen MR) is 75.0 cm³/mol. The minimum atomic E-state index is 0.189. The van der Waals surface area contributed by atoms with Crippen LogP contribution in [0.4, 0.5) is 0 Å². The Hall–Kier alpha value is -1.68. The van der Waals surface area contributed by atoms with Gasteiger partial charge in [0.1, 0.15) is 5.51 Å². The van der Waals surface area contributed by atoms with Gasteiger partial charge in [0.2, 0.25) is 4.96 Å². The zero-order valence-electron chi connectivity index (χ0n) is 10.7. The number of aromatic nitrogens is 3. The molecule has 1 aromatic carbocycles. The number of nitrogens with zero attached hydrogens (tertiary/aromatic N) is 3. The number of imidazole rings is 1. The van der Waals surface area contributed by atoms with Gasteiger partial charge < -0.3 is 0 Å². The van der Waals surface area contributed by atoms with Crippen molar-refractivity contribution in [3.8, 4) is 11.3 Å². The van der Waals surface area contributed by atoms with Crippen LogP contribution >= 0.6 is 11.3 Å². The molecule has 3 nitrogen and oxygen atoms in total. The molecule has 0 spiro atoms. The van der Waals surface area contributed by atoms with Gasteiger partial charge in [-0.2, -0.15) is 5.10 Å². The molecule has 0 saturated carbocycles. The summed E-state index contributed by atoms with van der Waals surface area (Å²) in [4.78, 5) is 5.49. The molecule has 3 rings (SSSR count). The van der Waals surface area contributed by atoms with E-state index in [1.807, 2.05) is 10.7 Å². The van der Waals surface area contributed by atoms with Gasteiger partial charge in [-0.1, -0.05) is 56.4 Å². The molecule has 2 heterocycles. The molecule has 0 N–H and O–H groups in total. The van der Waals surface area contributed by atoms with E-state index >= 15 is 0 Å². The average molecular weight is 257 g/mol. The standard InChI is InChI=1S/C14H15N3S/c1-14(2,3)11-6-4-10(5-7-11)12-8-17-13(16-12)18-9-15-17/h4-9H,1-3H3. The highest BCUT2D eigenvalue weighted by atomic mass is 32.1. The third-order valence-corrected chi connectivity index (χ3v) is 3.72. The first kappa shape index (κ1) is 11.4. The molecular weight excluding hydrogens is 242 g/mol. The second-order valence-electron chi connectivity index (χ2n) is 5.42. The monoisotopic (exact) mass is 257 g/mol. The van der Waals surface area contributed by atoms with Crippen molar-refractivity contribution in [1.29, 1.82) is 0 Å². The SMILES string of the molecule is CC(C)(C)c1ccc(-c2cn3ncsc3n2)cc1.